The summed E-state index contributed by atoms with van der Waals surface area (Å²) in [5, 5.41) is 13.0. The third kappa shape index (κ3) is 3.29. The lowest BCUT2D eigenvalue weighted by Crippen LogP contribution is -2.11. The van der Waals surface area contributed by atoms with Gasteiger partial charge in [-0.2, -0.15) is 5.10 Å². The summed E-state index contributed by atoms with van der Waals surface area (Å²) in [7, 11) is 1.74. The summed E-state index contributed by atoms with van der Waals surface area (Å²) in [4.78, 5) is 12.5. The van der Waals surface area contributed by atoms with Gasteiger partial charge in [0.25, 0.3) is 0 Å². The van der Waals surface area contributed by atoms with Crippen LogP contribution in [0.2, 0.25) is 0 Å². The van der Waals surface area contributed by atoms with Crippen LogP contribution in [-0.4, -0.2) is 27.5 Å². The number of aryl methyl sites for hydroxylation is 2. The minimum Gasteiger partial charge on any atom is -0.479 e. The Balaban J connectivity index is 2.26. The molecular weight excluding hydrogens is 264 g/mol. The van der Waals surface area contributed by atoms with Crippen molar-refractivity contribution in [2.45, 2.75) is 16.7 Å². The van der Waals surface area contributed by atoms with Crippen LogP contribution in [-0.2, 0) is 11.8 Å². The average molecular weight is 278 g/mol. The van der Waals surface area contributed by atoms with E-state index in [1.54, 1.807) is 11.7 Å². The lowest BCUT2D eigenvalue weighted by molar-refractivity contribution is -0.139. The van der Waals surface area contributed by atoms with E-state index in [2.05, 4.69) is 5.10 Å². The van der Waals surface area contributed by atoms with Crippen LogP contribution in [0.5, 0.6) is 5.88 Å². The zero-order valence-corrected chi connectivity index (χ0v) is 11.5. The quantitative estimate of drug-likeness (QED) is 0.909. The predicted octanol–water partition coefficient (Wildman–Crippen LogP) is 2.34. The molecule has 1 heterocycles. The van der Waals surface area contributed by atoms with Crippen LogP contribution in [0.25, 0.3) is 0 Å². The fraction of sp³-hybridized carbons (Fsp3) is 0.231. The number of carboxylic acid groups (broad SMARTS) is 1. The Bertz CT molecular complexity index is 581. The second-order valence-corrected chi connectivity index (χ2v) is 5.02. The van der Waals surface area contributed by atoms with Gasteiger partial charge in [-0.1, -0.05) is 30.0 Å². The zero-order valence-electron chi connectivity index (χ0n) is 10.7. The van der Waals surface area contributed by atoms with Crippen molar-refractivity contribution in [3.63, 3.8) is 0 Å². The molecule has 1 N–H and O–H groups in total. The van der Waals surface area contributed by atoms with E-state index in [-0.39, 0.29) is 6.61 Å². The van der Waals surface area contributed by atoms with E-state index in [1.165, 1.54) is 11.8 Å². The number of carboxylic acids is 1. The first kappa shape index (κ1) is 13.5. The SMILES string of the molecule is Cc1nn(C)c(OCC(=O)O)c1Sc1ccccc1. The number of hydrogen-bond donors (Lipinski definition) is 1. The van der Waals surface area contributed by atoms with Crippen molar-refractivity contribution >= 4 is 17.7 Å². The van der Waals surface area contributed by atoms with Gasteiger partial charge in [-0.05, 0) is 19.1 Å². The molecule has 2 aromatic rings. The summed E-state index contributed by atoms with van der Waals surface area (Å²) in [6, 6.07) is 9.82. The van der Waals surface area contributed by atoms with Crippen molar-refractivity contribution in [3.8, 4) is 5.88 Å². The molecule has 0 unspecified atom stereocenters. The standard InChI is InChI=1S/C13H14N2O3S/c1-9-12(19-10-6-4-3-5-7-10)13(15(2)14-9)18-8-11(16)17/h3-7H,8H2,1-2H3,(H,16,17). The topological polar surface area (TPSA) is 64.4 Å². The third-order valence-corrected chi connectivity index (χ3v) is 3.59. The first-order chi connectivity index (χ1) is 9.08. The molecule has 100 valence electrons. The van der Waals surface area contributed by atoms with Gasteiger partial charge < -0.3 is 9.84 Å². The van der Waals surface area contributed by atoms with E-state index >= 15 is 0 Å². The first-order valence-corrected chi connectivity index (χ1v) is 6.50. The molecule has 2 rings (SSSR count). The Kier molecular flexibility index (Phi) is 4.11. The molecule has 5 nitrogen and oxygen atoms in total. The van der Waals surface area contributed by atoms with Crippen LogP contribution in [0.4, 0.5) is 0 Å². The number of aromatic nitrogens is 2. The van der Waals surface area contributed by atoms with Gasteiger partial charge in [0.2, 0.25) is 5.88 Å². The van der Waals surface area contributed by atoms with Gasteiger partial charge in [0, 0.05) is 11.9 Å². The van der Waals surface area contributed by atoms with Crippen molar-refractivity contribution in [2.24, 2.45) is 7.05 Å². The molecule has 6 heteroatoms. The van der Waals surface area contributed by atoms with Gasteiger partial charge in [0.05, 0.1) is 10.6 Å². The molecule has 0 aliphatic heterocycles. The largest absolute Gasteiger partial charge is 0.479 e. The Hall–Kier alpha value is -1.95. The fourth-order valence-corrected chi connectivity index (χ4v) is 2.63. The molecule has 0 saturated carbocycles. The number of rotatable bonds is 5. The highest BCUT2D eigenvalue weighted by Crippen LogP contribution is 2.37. The second kappa shape index (κ2) is 5.79. The highest BCUT2D eigenvalue weighted by Gasteiger charge is 2.17. The summed E-state index contributed by atoms with van der Waals surface area (Å²) < 4.78 is 6.86. The number of benzene rings is 1. The van der Waals surface area contributed by atoms with Crippen LogP contribution in [0.15, 0.2) is 40.1 Å². The van der Waals surface area contributed by atoms with Crippen LogP contribution in [0.3, 0.4) is 0 Å². The molecule has 1 aromatic heterocycles. The molecule has 0 bridgehead atoms. The fourth-order valence-electron chi connectivity index (χ4n) is 1.63. The van der Waals surface area contributed by atoms with Gasteiger partial charge in [-0.15, -0.1) is 0 Å². The second-order valence-electron chi connectivity index (χ2n) is 3.94. The normalized spacial score (nSPS) is 10.4. The highest BCUT2D eigenvalue weighted by atomic mass is 32.2. The maximum Gasteiger partial charge on any atom is 0.341 e. The maximum atomic E-state index is 10.6. The summed E-state index contributed by atoms with van der Waals surface area (Å²) in [5.41, 5.74) is 0.816. The van der Waals surface area contributed by atoms with Gasteiger partial charge in [-0.3, -0.25) is 0 Å². The van der Waals surface area contributed by atoms with Gasteiger partial charge >= 0.3 is 5.97 Å². The molecule has 1 aromatic carbocycles. The van der Waals surface area contributed by atoms with Gasteiger partial charge in [0.15, 0.2) is 6.61 Å². The summed E-state index contributed by atoms with van der Waals surface area (Å²) in [6.07, 6.45) is 0. The number of hydrogen-bond acceptors (Lipinski definition) is 4. The first-order valence-electron chi connectivity index (χ1n) is 5.69. The Morgan fingerprint density at radius 2 is 2.11 bits per heavy atom. The van der Waals surface area contributed by atoms with E-state index in [9.17, 15) is 4.79 Å². The summed E-state index contributed by atoms with van der Waals surface area (Å²) >= 11 is 1.51. The smallest absolute Gasteiger partial charge is 0.341 e. The van der Waals surface area contributed by atoms with Crippen molar-refractivity contribution in [2.75, 3.05) is 6.61 Å². The highest BCUT2D eigenvalue weighted by molar-refractivity contribution is 7.99. The number of aliphatic carboxylic acids is 1. The number of carbonyl (C=O) groups is 1. The molecule has 19 heavy (non-hydrogen) atoms. The predicted molar refractivity (Wildman–Crippen MR) is 71.6 cm³/mol. The van der Waals surface area contributed by atoms with E-state index in [0.717, 1.165) is 15.5 Å². The van der Waals surface area contributed by atoms with Crippen LogP contribution in [0.1, 0.15) is 5.69 Å². The lowest BCUT2D eigenvalue weighted by atomic mass is 10.4. The maximum absolute atomic E-state index is 10.6. The number of nitrogens with zero attached hydrogens (tertiary/aromatic N) is 2. The molecular formula is C13H14N2O3S. The molecule has 0 atom stereocenters. The van der Waals surface area contributed by atoms with Crippen molar-refractivity contribution in [1.82, 2.24) is 9.78 Å². The molecule has 0 radical (unpaired) electrons. The molecule has 0 spiro atoms. The monoisotopic (exact) mass is 278 g/mol. The Labute approximate surface area is 115 Å². The summed E-state index contributed by atoms with van der Waals surface area (Å²) in [5.74, 6) is -0.525. The Morgan fingerprint density at radius 1 is 1.42 bits per heavy atom. The van der Waals surface area contributed by atoms with Crippen LogP contribution in [0, 0.1) is 6.92 Å². The van der Waals surface area contributed by atoms with E-state index < -0.39 is 5.97 Å². The van der Waals surface area contributed by atoms with Crippen molar-refractivity contribution in [3.05, 3.63) is 36.0 Å². The van der Waals surface area contributed by atoms with Crippen molar-refractivity contribution < 1.29 is 14.6 Å². The average Bonchev–Trinajstić information content (AvgIpc) is 2.63. The molecule has 0 saturated heterocycles. The Morgan fingerprint density at radius 3 is 2.74 bits per heavy atom. The third-order valence-electron chi connectivity index (χ3n) is 2.41. The lowest BCUT2D eigenvalue weighted by Gasteiger charge is -2.06. The number of ether oxygens (including phenoxy) is 1. The summed E-state index contributed by atoms with van der Waals surface area (Å²) in [6.45, 7) is 1.50. The van der Waals surface area contributed by atoms with Gasteiger partial charge in [-0.25, -0.2) is 9.48 Å². The van der Waals surface area contributed by atoms with E-state index in [4.69, 9.17) is 9.84 Å². The van der Waals surface area contributed by atoms with Crippen LogP contribution >= 0.6 is 11.8 Å². The van der Waals surface area contributed by atoms with E-state index in [1.807, 2.05) is 37.3 Å². The van der Waals surface area contributed by atoms with Gasteiger partial charge in [0.1, 0.15) is 0 Å². The minimum atomic E-state index is -1.01. The molecule has 0 aliphatic carbocycles. The molecule has 0 amide bonds. The van der Waals surface area contributed by atoms with E-state index in [0.29, 0.717) is 5.88 Å². The molecule has 0 fully saturated rings. The minimum absolute atomic E-state index is 0.374. The molecule has 0 aliphatic rings. The van der Waals surface area contributed by atoms with Crippen LogP contribution < -0.4 is 4.74 Å². The van der Waals surface area contributed by atoms with Crippen molar-refractivity contribution in [1.29, 1.82) is 0 Å². The zero-order chi connectivity index (χ0) is 13.8.